The van der Waals surface area contributed by atoms with Crippen LogP contribution in [0, 0.1) is 6.92 Å². The highest BCUT2D eigenvalue weighted by molar-refractivity contribution is 7.20. The van der Waals surface area contributed by atoms with Gasteiger partial charge in [-0.15, -0.1) is 11.3 Å². The van der Waals surface area contributed by atoms with E-state index in [4.69, 9.17) is 4.98 Å². The Morgan fingerprint density at radius 1 is 1.19 bits per heavy atom. The Labute approximate surface area is 183 Å². The van der Waals surface area contributed by atoms with Crippen LogP contribution >= 0.6 is 11.3 Å². The number of amides is 1. The highest BCUT2D eigenvalue weighted by Gasteiger charge is 2.22. The maximum Gasteiger partial charge on any atom is 0.266 e. The van der Waals surface area contributed by atoms with E-state index < -0.39 is 0 Å². The summed E-state index contributed by atoms with van der Waals surface area (Å²) in [6, 6.07) is 9.56. The summed E-state index contributed by atoms with van der Waals surface area (Å²) >= 11 is 1.30. The van der Waals surface area contributed by atoms with E-state index in [0.717, 1.165) is 42.8 Å². The summed E-state index contributed by atoms with van der Waals surface area (Å²) in [7, 11) is 0. The fourth-order valence-corrected chi connectivity index (χ4v) is 5.24. The van der Waals surface area contributed by atoms with E-state index in [-0.39, 0.29) is 11.5 Å². The molecular weight excluding hydrogens is 410 g/mol. The van der Waals surface area contributed by atoms with Gasteiger partial charge in [-0.05, 0) is 43.0 Å². The third-order valence-corrected chi connectivity index (χ3v) is 6.96. The number of nitrogens with one attached hydrogen (secondary N) is 1. The molecular formula is C23H23N5O2S. The molecule has 8 heteroatoms. The number of fused-ring (bicyclic) bond motifs is 2. The van der Waals surface area contributed by atoms with Crippen molar-refractivity contribution in [1.29, 1.82) is 0 Å². The van der Waals surface area contributed by atoms with Gasteiger partial charge in [0.25, 0.3) is 11.5 Å². The molecule has 3 aromatic heterocycles. The van der Waals surface area contributed by atoms with E-state index in [1.807, 2.05) is 48.1 Å². The van der Waals surface area contributed by atoms with Gasteiger partial charge in [-0.2, -0.15) is 5.10 Å². The number of aromatic nitrogens is 4. The van der Waals surface area contributed by atoms with Gasteiger partial charge in [-0.25, -0.2) is 4.98 Å². The number of rotatable bonds is 4. The topological polar surface area (TPSA) is 81.8 Å². The molecule has 1 N–H and O–H groups in total. The van der Waals surface area contributed by atoms with Crippen LogP contribution < -0.4 is 10.9 Å². The lowest BCUT2D eigenvalue weighted by molar-refractivity contribution is 0.103. The van der Waals surface area contributed by atoms with Gasteiger partial charge in [0.15, 0.2) is 0 Å². The van der Waals surface area contributed by atoms with Crippen LogP contribution in [-0.2, 0) is 19.5 Å². The molecule has 1 amide bonds. The van der Waals surface area contributed by atoms with Crippen molar-refractivity contribution in [1.82, 2.24) is 19.3 Å². The molecule has 31 heavy (non-hydrogen) atoms. The van der Waals surface area contributed by atoms with Gasteiger partial charge >= 0.3 is 0 Å². The van der Waals surface area contributed by atoms with Gasteiger partial charge in [0.2, 0.25) is 0 Å². The first-order valence-electron chi connectivity index (χ1n) is 10.5. The molecule has 4 heterocycles. The number of anilines is 1. The third-order valence-electron chi connectivity index (χ3n) is 5.77. The average Bonchev–Trinajstić information content (AvgIpc) is 3.31. The van der Waals surface area contributed by atoms with E-state index in [9.17, 15) is 9.59 Å². The first kappa shape index (κ1) is 19.7. The van der Waals surface area contributed by atoms with Gasteiger partial charge in [-0.3, -0.25) is 18.8 Å². The Morgan fingerprint density at radius 2 is 2.06 bits per heavy atom. The standard InChI is InChI=1S/C23H23N5O2S/c1-15-19-22(26-18-10-3-2-6-13-28(18)23(19)30)31-20(15)21(29)25-17-9-5-4-8-16(17)14-27-12-7-11-24-27/h4-5,7-9,11-12H,2-3,6,10,13-14H2,1H3,(H,25,29). The number of hydrogen-bond donors (Lipinski definition) is 1. The van der Waals surface area contributed by atoms with E-state index >= 15 is 0 Å². The fourth-order valence-electron chi connectivity index (χ4n) is 4.15. The van der Waals surface area contributed by atoms with Crippen molar-refractivity contribution >= 4 is 33.1 Å². The molecule has 0 radical (unpaired) electrons. The lowest BCUT2D eigenvalue weighted by Crippen LogP contribution is -2.24. The lowest BCUT2D eigenvalue weighted by Gasteiger charge is -2.11. The van der Waals surface area contributed by atoms with Gasteiger partial charge in [-0.1, -0.05) is 24.6 Å². The minimum absolute atomic E-state index is 0.0196. The zero-order valence-corrected chi connectivity index (χ0v) is 18.1. The predicted molar refractivity (Wildman–Crippen MR) is 122 cm³/mol. The fraction of sp³-hybridized carbons (Fsp3) is 0.304. The van der Waals surface area contributed by atoms with E-state index in [2.05, 4.69) is 10.4 Å². The summed E-state index contributed by atoms with van der Waals surface area (Å²) in [5, 5.41) is 7.86. The zero-order valence-electron chi connectivity index (χ0n) is 17.3. The van der Waals surface area contributed by atoms with E-state index in [1.165, 1.54) is 11.3 Å². The molecule has 0 saturated carbocycles. The summed E-state index contributed by atoms with van der Waals surface area (Å²) in [5.74, 6) is 0.626. The molecule has 1 aliphatic heterocycles. The van der Waals surface area contributed by atoms with Crippen LogP contribution in [-0.4, -0.2) is 25.2 Å². The summed E-state index contributed by atoms with van der Waals surface area (Å²) in [6.07, 6.45) is 7.57. The first-order valence-corrected chi connectivity index (χ1v) is 11.3. The van der Waals surface area contributed by atoms with Crippen LogP contribution in [0.5, 0.6) is 0 Å². The lowest BCUT2D eigenvalue weighted by atomic mass is 10.1. The van der Waals surface area contributed by atoms with Crippen molar-refractivity contribution in [3.05, 3.63) is 74.9 Å². The molecule has 0 spiro atoms. The normalized spacial score (nSPS) is 13.7. The monoisotopic (exact) mass is 433 g/mol. The molecule has 4 aromatic rings. The highest BCUT2D eigenvalue weighted by Crippen LogP contribution is 2.29. The van der Waals surface area contributed by atoms with Crippen LogP contribution in [0.25, 0.3) is 10.2 Å². The van der Waals surface area contributed by atoms with Crippen LogP contribution in [0.3, 0.4) is 0 Å². The molecule has 158 valence electrons. The number of carbonyl (C=O) groups is 1. The van der Waals surface area contributed by atoms with Crippen molar-refractivity contribution in [3.8, 4) is 0 Å². The minimum Gasteiger partial charge on any atom is -0.321 e. The van der Waals surface area contributed by atoms with E-state index in [1.54, 1.807) is 10.8 Å². The smallest absolute Gasteiger partial charge is 0.266 e. The molecule has 7 nitrogen and oxygen atoms in total. The molecule has 0 atom stereocenters. The number of aryl methyl sites for hydroxylation is 2. The Balaban J connectivity index is 1.49. The summed E-state index contributed by atoms with van der Waals surface area (Å²) in [5.41, 5.74) is 2.39. The first-order chi connectivity index (χ1) is 15.1. The molecule has 1 aromatic carbocycles. The molecule has 0 unspecified atom stereocenters. The van der Waals surface area contributed by atoms with Crippen molar-refractivity contribution in [2.75, 3.05) is 5.32 Å². The quantitative estimate of drug-likeness (QED) is 0.528. The summed E-state index contributed by atoms with van der Waals surface area (Å²) < 4.78 is 3.61. The maximum absolute atomic E-state index is 13.2. The van der Waals surface area contributed by atoms with Gasteiger partial charge < -0.3 is 5.32 Å². The van der Waals surface area contributed by atoms with E-state index in [0.29, 0.717) is 33.7 Å². The van der Waals surface area contributed by atoms with Crippen LogP contribution in [0.1, 0.15) is 45.9 Å². The van der Waals surface area contributed by atoms with Crippen molar-refractivity contribution < 1.29 is 4.79 Å². The summed E-state index contributed by atoms with van der Waals surface area (Å²) in [4.78, 5) is 32.3. The Bertz CT molecular complexity index is 1320. The Morgan fingerprint density at radius 3 is 2.90 bits per heavy atom. The van der Waals surface area contributed by atoms with Crippen molar-refractivity contribution in [2.45, 2.75) is 45.7 Å². The predicted octanol–water partition coefficient (Wildman–Crippen LogP) is 3.99. The van der Waals surface area contributed by atoms with Crippen LogP contribution in [0.15, 0.2) is 47.5 Å². The van der Waals surface area contributed by atoms with Crippen molar-refractivity contribution in [2.24, 2.45) is 0 Å². The largest absolute Gasteiger partial charge is 0.321 e. The zero-order chi connectivity index (χ0) is 21.4. The highest BCUT2D eigenvalue weighted by atomic mass is 32.1. The Kier molecular flexibility index (Phi) is 5.15. The SMILES string of the molecule is Cc1c(C(=O)Nc2ccccc2Cn2cccn2)sc2nc3n(c(=O)c12)CCCCC3. The summed E-state index contributed by atoms with van der Waals surface area (Å²) in [6.45, 7) is 3.11. The second-order valence-electron chi connectivity index (χ2n) is 7.85. The Hall–Kier alpha value is -3.26. The molecule has 0 saturated heterocycles. The molecule has 0 fully saturated rings. The average molecular weight is 434 g/mol. The molecule has 5 rings (SSSR count). The van der Waals surface area contributed by atoms with Gasteiger partial charge in [0.1, 0.15) is 10.7 Å². The number of carbonyl (C=O) groups excluding carboxylic acids is 1. The second kappa shape index (κ2) is 8.11. The maximum atomic E-state index is 13.2. The van der Waals surface area contributed by atoms with Crippen LogP contribution in [0.2, 0.25) is 0 Å². The number of para-hydroxylation sites is 1. The minimum atomic E-state index is -0.215. The second-order valence-corrected chi connectivity index (χ2v) is 8.85. The van der Waals surface area contributed by atoms with Crippen LogP contribution in [0.4, 0.5) is 5.69 Å². The number of nitrogens with zero attached hydrogens (tertiary/aromatic N) is 4. The number of benzene rings is 1. The molecule has 0 bridgehead atoms. The van der Waals surface area contributed by atoms with Gasteiger partial charge in [0, 0.05) is 31.0 Å². The number of hydrogen-bond acceptors (Lipinski definition) is 5. The van der Waals surface area contributed by atoms with Crippen molar-refractivity contribution in [3.63, 3.8) is 0 Å². The third kappa shape index (κ3) is 3.67. The molecule has 1 aliphatic rings. The molecule has 0 aliphatic carbocycles. The number of thiophene rings is 1. The van der Waals surface area contributed by atoms with Gasteiger partial charge in [0.05, 0.1) is 16.8 Å².